The molecule has 1 saturated heterocycles. The third-order valence-electron chi connectivity index (χ3n) is 3.61. The number of hydrogen-bond donors (Lipinski definition) is 0. The molecule has 88 valence electrons. The number of likely N-dealkylation sites (tertiary alicyclic amines) is 1. The van der Waals surface area contributed by atoms with Gasteiger partial charge in [0.15, 0.2) is 0 Å². The van der Waals surface area contributed by atoms with Gasteiger partial charge in [0.05, 0.1) is 5.33 Å². The molecule has 0 aromatic carbocycles. The molecule has 15 heavy (non-hydrogen) atoms. The minimum absolute atomic E-state index is 0.0920. The number of rotatable bonds is 2. The lowest BCUT2D eigenvalue weighted by Crippen LogP contribution is -2.50. The minimum Gasteiger partial charge on any atom is -0.298 e. The first-order chi connectivity index (χ1) is 6.79. The highest BCUT2D eigenvalue weighted by Gasteiger charge is 2.38. The first-order valence-electron chi connectivity index (χ1n) is 5.64. The van der Waals surface area contributed by atoms with E-state index in [0.29, 0.717) is 11.1 Å². The molecule has 0 N–H and O–H groups in total. The Morgan fingerprint density at radius 1 is 1.33 bits per heavy atom. The van der Waals surface area contributed by atoms with Crippen molar-refractivity contribution in [2.45, 2.75) is 46.1 Å². The molecule has 0 aromatic rings. The predicted octanol–water partition coefficient (Wildman–Crippen LogP) is 2.85. The van der Waals surface area contributed by atoms with Crippen molar-refractivity contribution in [1.29, 1.82) is 0 Å². The van der Waals surface area contributed by atoms with Gasteiger partial charge in [-0.05, 0) is 46.7 Å². The standard InChI is InChI=1S/C12H22BrNO/c1-11(2,3)14-7-5-12(4,6-8-14)10(15)9-13/h5-9H2,1-4H3. The van der Waals surface area contributed by atoms with Crippen molar-refractivity contribution < 1.29 is 4.79 Å². The number of carbonyl (C=O) groups is 1. The molecule has 1 aliphatic rings. The number of carbonyl (C=O) groups excluding carboxylic acids is 1. The molecule has 0 unspecified atom stereocenters. The first-order valence-corrected chi connectivity index (χ1v) is 6.76. The van der Waals surface area contributed by atoms with Crippen LogP contribution in [0.25, 0.3) is 0 Å². The van der Waals surface area contributed by atoms with Gasteiger partial charge in [0.1, 0.15) is 5.78 Å². The van der Waals surface area contributed by atoms with E-state index in [-0.39, 0.29) is 11.0 Å². The van der Waals surface area contributed by atoms with Crippen molar-refractivity contribution in [2.24, 2.45) is 5.41 Å². The largest absolute Gasteiger partial charge is 0.298 e. The maximum absolute atomic E-state index is 11.8. The van der Waals surface area contributed by atoms with E-state index < -0.39 is 0 Å². The van der Waals surface area contributed by atoms with Crippen molar-refractivity contribution in [2.75, 3.05) is 18.4 Å². The van der Waals surface area contributed by atoms with E-state index in [1.807, 2.05) is 0 Å². The van der Waals surface area contributed by atoms with Crippen molar-refractivity contribution in [3.63, 3.8) is 0 Å². The van der Waals surface area contributed by atoms with Crippen LogP contribution in [0.4, 0.5) is 0 Å². The predicted molar refractivity (Wildman–Crippen MR) is 67.5 cm³/mol. The summed E-state index contributed by atoms with van der Waals surface area (Å²) in [6.45, 7) is 10.9. The highest BCUT2D eigenvalue weighted by Crippen LogP contribution is 2.34. The van der Waals surface area contributed by atoms with Crippen LogP contribution in [0.5, 0.6) is 0 Å². The summed E-state index contributed by atoms with van der Waals surface area (Å²) >= 11 is 3.28. The summed E-state index contributed by atoms with van der Waals surface area (Å²) in [4.78, 5) is 14.2. The third-order valence-corrected chi connectivity index (χ3v) is 4.12. The van der Waals surface area contributed by atoms with Crippen LogP contribution in [0.15, 0.2) is 0 Å². The Bertz CT molecular complexity index is 236. The molecule has 1 rings (SSSR count). The lowest BCUT2D eigenvalue weighted by atomic mass is 9.76. The number of hydrogen-bond acceptors (Lipinski definition) is 2. The molecule has 0 atom stereocenters. The van der Waals surface area contributed by atoms with Crippen LogP contribution in [0.2, 0.25) is 0 Å². The molecular formula is C12H22BrNO. The smallest absolute Gasteiger partial charge is 0.149 e. The molecule has 0 spiro atoms. The quantitative estimate of drug-likeness (QED) is 0.723. The van der Waals surface area contributed by atoms with E-state index >= 15 is 0 Å². The van der Waals surface area contributed by atoms with Gasteiger partial charge >= 0.3 is 0 Å². The van der Waals surface area contributed by atoms with Crippen molar-refractivity contribution in [3.8, 4) is 0 Å². The molecule has 0 aliphatic carbocycles. The number of ketones is 1. The molecular weight excluding hydrogens is 254 g/mol. The van der Waals surface area contributed by atoms with E-state index in [1.165, 1.54) is 0 Å². The fourth-order valence-corrected chi connectivity index (χ4v) is 2.79. The van der Waals surface area contributed by atoms with Crippen LogP contribution in [-0.2, 0) is 4.79 Å². The van der Waals surface area contributed by atoms with Gasteiger partial charge in [-0.2, -0.15) is 0 Å². The zero-order chi connectivity index (χ0) is 11.7. The lowest BCUT2D eigenvalue weighted by molar-refractivity contribution is -0.128. The minimum atomic E-state index is -0.0920. The Hall–Kier alpha value is 0.110. The summed E-state index contributed by atoms with van der Waals surface area (Å²) < 4.78 is 0. The monoisotopic (exact) mass is 275 g/mol. The van der Waals surface area contributed by atoms with Crippen molar-refractivity contribution in [1.82, 2.24) is 4.90 Å². The topological polar surface area (TPSA) is 20.3 Å². The summed E-state index contributed by atoms with van der Waals surface area (Å²) in [5, 5.41) is 0.499. The Balaban J connectivity index is 2.59. The summed E-state index contributed by atoms with van der Waals surface area (Å²) in [7, 11) is 0. The highest BCUT2D eigenvalue weighted by molar-refractivity contribution is 9.09. The van der Waals surface area contributed by atoms with Gasteiger partial charge in [-0.3, -0.25) is 9.69 Å². The summed E-state index contributed by atoms with van der Waals surface area (Å²) in [5.74, 6) is 0.357. The molecule has 3 heteroatoms. The molecule has 0 aromatic heterocycles. The third kappa shape index (κ3) is 3.04. The maximum Gasteiger partial charge on any atom is 0.149 e. The second-order valence-electron chi connectivity index (χ2n) is 5.78. The summed E-state index contributed by atoms with van der Waals surface area (Å²) in [6.07, 6.45) is 1.99. The summed E-state index contributed by atoms with van der Waals surface area (Å²) in [6, 6.07) is 0. The number of nitrogens with zero attached hydrogens (tertiary/aromatic N) is 1. The fourth-order valence-electron chi connectivity index (χ4n) is 2.11. The number of Topliss-reactive ketones (excluding diaryl/α,β-unsaturated/α-hetero) is 1. The van der Waals surface area contributed by atoms with Crippen LogP contribution in [-0.4, -0.2) is 34.6 Å². The average Bonchev–Trinajstić information content (AvgIpc) is 2.15. The number of piperidine rings is 1. The van der Waals surface area contributed by atoms with Gasteiger partial charge in [-0.1, -0.05) is 22.9 Å². The molecule has 1 heterocycles. The average molecular weight is 276 g/mol. The Kier molecular flexibility index (Phi) is 3.99. The molecule has 0 saturated carbocycles. The highest BCUT2D eigenvalue weighted by atomic mass is 79.9. The van der Waals surface area contributed by atoms with Crippen LogP contribution in [0.1, 0.15) is 40.5 Å². The van der Waals surface area contributed by atoms with Gasteiger partial charge in [0.25, 0.3) is 0 Å². The Labute approximate surface area is 102 Å². The first kappa shape index (κ1) is 13.2. The Morgan fingerprint density at radius 2 is 1.80 bits per heavy atom. The van der Waals surface area contributed by atoms with Crippen LogP contribution < -0.4 is 0 Å². The molecule has 0 bridgehead atoms. The lowest BCUT2D eigenvalue weighted by Gasteiger charge is -2.44. The van der Waals surface area contributed by atoms with Crippen molar-refractivity contribution in [3.05, 3.63) is 0 Å². The van der Waals surface area contributed by atoms with Gasteiger partial charge in [-0.25, -0.2) is 0 Å². The SMILES string of the molecule is CC1(C(=O)CBr)CCN(C(C)(C)C)CC1. The van der Waals surface area contributed by atoms with Gasteiger partial charge in [0, 0.05) is 11.0 Å². The Morgan fingerprint density at radius 3 is 2.13 bits per heavy atom. The zero-order valence-electron chi connectivity index (χ0n) is 10.3. The second kappa shape index (κ2) is 4.54. The fraction of sp³-hybridized carbons (Fsp3) is 0.917. The molecule has 0 radical (unpaired) electrons. The molecule has 1 fully saturated rings. The van der Waals surface area contributed by atoms with Crippen molar-refractivity contribution >= 4 is 21.7 Å². The van der Waals surface area contributed by atoms with E-state index in [2.05, 4.69) is 48.5 Å². The van der Waals surface area contributed by atoms with E-state index in [9.17, 15) is 4.79 Å². The van der Waals surface area contributed by atoms with Gasteiger partial charge in [0.2, 0.25) is 0 Å². The maximum atomic E-state index is 11.8. The van der Waals surface area contributed by atoms with Crippen LogP contribution >= 0.6 is 15.9 Å². The van der Waals surface area contributed by atoms with Gasteiger partial charge < -0.3 is 0 Å². The molecule has 1 aliphatic heterocycles. The van der Waals surface area contributed by atoms with E-state index in [4.69, 9.17) is 0 Å². The number of halogens is 1. The number of alkyl halides is 1. The molecule has 0 amide bonds. The zero-order valence-corrected chi connectivity index (χ0v) is 11.9. The normalized spacial score (nSPS) is 22.7. The van der Waals surface area contributed by atoms with Crippen LogP contribution in [0, 0.1) is 5.41 Å². The van der Waals surface area contributed by atoms with E-state index in [0.717, 1.165) is 25.9 Å². The second-order valence-corrected chi connectivity index (χ2v) is 6.34. The van der Waals surface area contributed by atoms with Gasteiger partial charge in [-0.15, -0.1) is 0 Å². The van der Waals surface area contributed by atoms with Crippen LogP contribution in [0.3, 0.4) is 0 Å². The van der Waals surface area contributed by atoms with E-state index in [1.54, 1.807) is 0 Å². The molecule has 2 nitrogen and oxygen atoms in total. The summed E-state index contributed by atoms with van der Waals surface area (Å²) in [5.41, 5.74) is 0.143.